The summed E-state index contributed by atoms with van der Waals surface area (Å²) >= 11 is 2.07. The molecular weight excluding hydrogens is 322 g/mol. The van der Waals surface area contributed by atoms with Gasteiger partial charge >= 0.3 is 0 Å². The fourth-order valence-corrected chi connectivity index (χ4v) is 3.86. The van der Waals surface area contributed by atoms with Gasteiger partial charge in [0.2, 0.25) is 0 Å². The maximum Gasteiger partial charge on any atom is 0.193 e. The standard InChI is InChI=1S/C18H29N3O2S/c1-4-17-13-21(9-11-24-17)18(19-2)20-8-10-23-14-15-6-5-7-16(12-15)22-3/h5-7,12,17H,4,8-11,13-14H2,1-3H3,(H,19,20). The summed E-state index contributed by atoms with van der Waals surface area (Å²) in [6, 6.07) is 7.97. The van der Waals surface area contributed by atoms with Gasteiger partial charge in [-0.2, -0.15) is 11.8 Å². The first-order valence-corrected chi connectivity index (χ1v) is 9.59. The van der Waals surface area contributed by atoms with Gasteiger partial charge in [0.1, 0.15) is 5.75 Å². The van der Waals surface area contributed by atoms with Crippen LogP contribution in [0.15, 0.2) is 29.3 Å². The molecular formula is C18H29N3O2S. The molecule has 24 heavy (non-hydrogen) atoms. The van der Waals surface area contributed by atoms with Gasteiger partial charge in [-0.15, -0.1) is 0 Å². The lowest BCUT2D eigenvalue weighted by atomic mass is 10.2. The fraction of sp³-hybridized carbons (Fsp3) is 0.611. The third kappa shape index (κ3) is 5.91. The van der Waals surface area contributed by atoms with E-state index in [4.69, 9.17) is 9.47 Å². The number of nitrogens with one attached hydrogen (secondary N) is 1. The van der Waals surface area contributed by atoms with Gasteiger partial charge < -0.3 is 19.7 Å². The molecule has 6 heteroatoms. The highest BCUT2D eigenvalue weighted by molar-refractivity contribution is 8.00. The van der Waals surface area contributed by atoms with Crippen molar-refractivity contribution in [3.63, 3.8) is 0 Å². The topological polar surface area (TPSA) is 46.1 Å². The van der Waals surface area contributed by atoms with Crippen LogP contribution in [0.3, 0.4) is 0 Å². The zero-order valence-electron chi connectivity index (χ0n) is 15.0. The maximum absolute atomic E-state index is 5.75. The van der Waals surface area contributed by atoms with E-state index in [1.807, 2.05) is 31.3 Å². The summed E-state index contributed by atoms with van der Waals surface area (Å²) in [4.78, 5) is 6.76. The number of rotatable bonds is 7. The van der Waals surface area contributed by atoms with E-state index in [2.05, 4.69) is 33.9 Å². The molecule has 0 aliphatic carbocycles. The van der Waals surface area contributed by atoms with Crippen LogP contribution in [0.2, 0.25) is 0 Å². The van der Waals surface area contributed by atoms with Crippen LogP contribution in [0.25, 0.3) is 0 Å². The lowest BCUT2D eigenvalue weighted by molar-refractivity contribution is 0.125. The monoisotopic (exact) mass is 351 g/mol. The third-order valence-electron chi connectivity index (χ3n) is 4.04. The Hall–Kier alpha value is -1.40. The number of thioether (sulfide) groups is 1. The highest BCUT2D eigenvalue weighted by Gasteiger charge is 2.21. The lowest BCUT2D eigenvalue weighted by Crippen LogP contribution is -2.48. The lowest BCUT2D eigenvalue weighted by Gasteiger charge is -2.34. The number of hydrogen-bond donors (Lipinski definition) is 1. The highest BCUT2D eigenvalue weighted by atomic mass is 32.2. The number of benzene rings is 1. The molecule has 1 N–H and O–H groups in total. The number of guanidine groups is 1. The first-order chi connectivity index (χ1) is 11.8. The Morgan fingerprint density at radius 1 is 1.46 bits per heavy atom. The molecule has 1 aliphatic heterocycles. The molecule has 1 unspecified atom stereocenters. The van der Waals surface area contributed by atoms with E-state index in [1.165, 1.54) is 12.2 Å². The minimum atomic E-state index is 0.593. The van der Waals surface area contributed by atoms with Crippen LogP contribution in [0, 0.1) is 0 Å². The summed E-state index contributed by atoms with van der Waals surface area (Å²) in [6.07, 6.45) is 1.21. The van der Waals surface area contributed by atoms with Gasteiger partial charge in [0.05, 0.1) is 20.3 Å². The number of methoxy groups -OCH3 is 1. The van der Waals surface area contributed by atoms with E-state index in [0.717, 1.165) is 36.9 Å². The summed E-state index contributed by atoms with van der Waals surface area (Å²) in [6.45, 7) is 6.39. The van der Waals surface area contributed by atoms with Crippen molar-refractivity contribution in [2.45, 2.75) is 25.2 Å². The fourth-order valence-electron chi connectivity index (χ4n) is 2.68. The van der Waals surface area contributed by atoms with Crippen molar-refractivity contribution >= 4 is 17.7 Å². The van der Waals surface area contributed by atoms with Gasteiger partial charge in [0.25, 0.3) is 0 Å². The van der Waals surface area contributed by atoms with Crippen molar-refractivity contribution in [3.05, 3.63) is 29.8 Å². The first kappa shape index (κ1) is 18.9. The number of hydrogen-bond acceptors (Lipinski definition) is 4. The molecule has 1 aromatic rings. The van der Waals surface area contributed by atoms with Crippen LogP contribution < -0.4 is 10.1 Å². The normalized spacial score (nSPS) is 18.5. The molecule has 1 atom stereocenters. The number of aliphatic imine (C=N–C) groups is 1. The Morgan fingerprint density at radius 2 is 2.33 bits per heavy atom. The molecule has 2 rings (SSSR count). The van der Waals surface area contributed by atoms with E-state index in [9.17, 15) is 0 Å². The minimum Gasteiger partial charge on any atom is -0.497 e. The predicted molar refractivity (Wildman–Crippen MR) is 102 cm³/mol. The van der Waals surface area contributed by atoms with Crippen molar-refractivity contribution in [3.8, 4) is 5.75 Å². The van der Waals surface area contributed by atoms with Crippen LogP contribution in [-0.2, 0) is 11.3 Å². The Labute approximate surface area is 149 Å². The Morgan fingerprint density at radius 3 is 3.08 bits per heavy atom. The first-order valence-electron chi connectivity index (χ1n) is 8.54. The molecule has 1 aliphatic rings. The van der Waals surface area contributed by atoms with Gasteiger partial charge in [-0.3, -0.25) is 4.99 Å². The molecule has 0 radical (unpaired) electrons. The predicted octanol–water partition coefficient (Wildman–Crippen LogP) is 2.61. The summed E-state index contributed by atoms with van der Waals surface area (Å²) in [7, 11) is 3.53. The van der Waals surface area contributed by atoms with Crippen molar-refractivity contribution in [1.29, 1.82) is 0 Å². The van der Waals surface area contributed by atoms with Crippen LogP contribution >= 0.6 is 11.8 Å². The Bertz CT molecular complexity index is 525. The minimum absolute atomic E-state index is 0.593. The van der Waals surface area contributed by atoms with Gasteiger partial charge in [0, 0.05) is 37.7 Å². The van der Waals surface area contributed by atoms with Crippen LogP contribution in [0.1, 0.15) is 18.9 Å². The number of nitrogens with zero attached hydrogens (tertiary/aromatic N) is 2. The average Bonchev–Trinajstić information content (AvgIpc) is 2.65. The quantitative estimate of drug-likeness (QED) is 0.465. The van der Waals surface area contributed by atoms with Gasteiger partial charge in [-0.1, -0.05) is 19.1 Å². The molecule has 5 nitrogen and oxygen atoms in total. The molecule has 134 valence electrons. The Balaban J connectivity index is 1.68. The molecule has 0 saturated carbocycles. The molecule has 1 heterocycles. The molecule has 1 saturated heterocycles. The second-order valence-electron chi connectivity index (χ2n) is 5.73. The summed E-state index contributed by atoms with van der Waals surface area (Å²) in [5.74, 6) is 3.02. The highest BCUT2D eigenvalue weighted by Crippen LogP contribution is 2.20. The molecule has 0 spiro atoms. The van der Waals surface area contributed by atoms with E-state index >= 15 is 0 Å². The second-order valence-corrected chi connectivity index (χ2v) is 7.13. The van der Waals surface area contributed by atoms with E-state index in [0.29, 0.717) is 18.5 Å². The van der Waals surface area contributed by atoms with Gasteiger partial charge in [-0.25, -0.2) is 0 Å². The SMILES string of the molecule is CCC1CN(C(=NC)NCCOCc2cccc(OC)c2)CCS1. The zero-order valence-corrected chi connectivity index (χ0v) is 15.8. The van der Waals surface area contributed by atoms with Crippen LogP contribution in [-0.4, -0.2) is 62.3 Å². The zero-order chi connectivity index (χ0) is 17.2. The summed E-state index contributed by atoms with van der Waals surface area (Å²) < 4.78 is 11.0. The summed E-state index contributed by atoms with van der Waals surface area (Å²) in [5.41, 5.74) is 1.12. The largest absolute Gasteiger partial charge is 0.497 e. The average molecular weight is 352 g/mol. The van der Waals surface area contributed by atoms with Gasteiger partial charge in [0.15, 0.2) is 5.96 Å². The molecule has 1 aromatic carbocycles. The molecule has 0 aromatic heterocycles. The van der Waals surface area contributed by atoms with Crippen molar-refractivity contribution < 1.29 is 9.47 Å². The third-order valence-corrected chi connectivity index (χ3v) is 5.41. The second kappa shape index (κ2) is 10.5. The van der Waals surface area contributed by atoms with E-state index < -0.39 is 0 Å². The summed E-state index contributed by atoms with van der Waals surface area (Å²) in [5, 5.41) is 4.12. The van der Waals surface area contributed by atoms with E-state index in [-0.39, 0.29) is 0 Å². The number of ether oxygens (including phenoxy) is 2. The van der Waals surface area contributed by atoms with Crippen molar-refractivity contribution in [2.24, 2.45) is 4.99 Å². The molecule has 0 amide bonds. The van der Waals surface area contributed by atoms with E-state index in [1.54, 1.807) is 7.11 Å². The van der Waals surface area contributed by atoms with Crippen molar-refractivity contribution in [1.82, 2.24) is 10.2 Å². The maximum atomic E-state index is 5.75. The molecule has 0 bridgehead atoms. The molecule has 1 fully saturated rings. The van der Waals surface area contributed by atoms with Crippen LogP contribution in [0.5, 0.6) is 5.75 Å². The smallest absolute Gasteiger partial charge is 0.193 e. The van der Waals surface area contributed by atoms with Crippen molar-refractivity contribution in [2.75, 3.05) is 46.2 Å². The van der Waals surface area contributed by atoms with Crippen LogP contribution in [0.4, 0.5) is 0 Å². The Kier molecular flexibility index (Phi) is 8.25. The van der Waals surface area contributed by atoms with Gasteiger partial charge in [-0.05, 0) is 24.1 Å².